The molecule has 0 saturated carbocycles. The minimum atomic E-state index is -0.257. The molecule has 17 heavy (non-hydrogen) atoms. The Hall–Kier alpha value is -2.29. The van der Waals surface area contributed by atoms with Crippen molar-refractivity contribution in [2.75, 3.05) is 0 Å². The molecule has 3 nitrogen and oxygen atoms in total. The van der Waals surface area contributed by atoms with Crippen LogP contribution in [0.5, 0.6) is 0 Å². The topological polar surface area (TPSA) is 41.8 Å². The van der Waals surface area contributed by atoms with Gasteiger partial charge in [0.05, 0.1) is 0 Å². The second-order valence-electron chi connectivity index (χ2n) is 3.92. The summed E-state index contributed by atoms with van der Waals surface area (Å²) in [4.78, 5) is 11.6. The summed E-state index contributed by atoms with van der Waals surface area (Å²) in [6.45, 7) is 0. The molecule has 82 valence electrons. The van der Waals surface area contributed by atoms with Crippen LogP contribution in [0.2, 0.25) is 0 Å². The van der Waals surface area contributed by atoms with Gasteiger partial charge in [-0.05, 0) is 17.2 Å². The second kappa shape index (κ2) is 3.94. The molecule has 1 unspecified atom stereocenters. The van der Waals surface area contributed by atoms with E-state index >= 15 is 0 Å². The molecule has 0 radical (unpaired) electrons. The van der Waals surface area contributed by atoms with Crippen molar-refractivity contribution < 1.29 is 4.79 Å². The van der Waals surface area contributed by atoms with Crippen LogP contribution in [0, 0.1) is 0 Å². The number of amides is 1. The number of fused-ring (bicyclic) bond motifs is 1. The van der Waals surface area contributed by atoms with Gasteiger partial charge in [0, 0.05) is 5.56 Å². The van der Waals surface area contributed by atoms with Gasteiger partial charge in [-0.25, -0.2) is 0 Å². The zero-order chi connectivity index (χ0) is 11.7. The fourth-order valence-electron chi connectivity index (χ4n) is 2.04. The fraction of sp³-hybridized carbons (Fsp3) is 0.0714. The van der Waals surface area contributed by atoms with Crippen LogP contribution in [-0.4, -0.2) is 5.91 Å². The average Bonchev–Trinajstić information content (AvgIpc) is 2.41. The summed E-state index contributed by atoms with van der Waals surface area (Å²) in [7, 11) is 0. The first-order valence-corrected chi connectivity index (χ1v) is 5.45. The van der Waals surface area contributed by atoms with Gasteiger partial charge in [0.1, 0.15) is 6.04 Å². The third kappa shape index (κ3) is 1.65. The van der Waals surface area contributed by atoms with E-state index in [1.807, 2.05) is 48.5 Å². The van der Waals surface area contributed by atoms with Crippen molar-refractivity contribution >= 4 is 5.91 Å². The summed E-state index contributed by atoms with van der Waals surface area (Å²) in [6, 6.07) is 17.2. The summed E-state index contributed by atoms with van der Waals surface area (Å²) < 4.78 is 0. The molecule has 2 aromatic carbocycles. The van der Waals surface area contributed by atoms with E-state index in [9.17, 15) is 4.79 Å². The molecule has 1 heterocycles. The van der Waals surface area contributed by atoms with E-state index in [-0.39, 0.29) is 11.9 Å². The molecule has 1 aliphatic heterocycles. The first kappa shape index (κ1) is 9.90. The first-order valence-electron chi connectivity index (χ1n) is 5.45. The van der Waals surface area contributed by atoms with Crippen LogP contribution >= 0.6 is 0 Å². The standard InChI is InChI=1S/C14H10N2O/c17-14-12-9-5-4-8-11(12)13(15-16-14)10-6-2-1-3-7-10/h1-9,13H. The van der Waals surface area contributed by atoms with Crippen LogP contribution in [0.1, 0.15) is 27.5 Å². The Bertz CT molecular complexity index is 590. The van der Waals surface area contributed by atoms with Crippen molar-refractivity contribution in [3.8, 4) is 0 Å². The molecule has 0 aliphatic carbocycles. The number of rotatable bonds is 1. The predicted octanol–water partition coefficient (Wildman–Crippen LogP) is 3.38. The number of azo groups is 1. The van der Waals surface area contributed by atoms with Gasteiger partial charge in [-0.3, -0.25) is 4.79 Å². The Labute approximate surface area is 98.8 Å². The zero-order valence-corrected chi connectivity index (χ0v) is 9.08. The van der Waals surface area contributed by atoms with Crippen molar-refractivity contribution in [1.82, 2.24) is 0 Å². The number of hydrogen-bond donors (Lipinski definition) is 0. The highest BCUT2D eigenvalue weighted by Gasteiger charge is 2.24. The first-order chi connectivity index (χ1) is 8.36. The molecule has 0 bridgehead atoms. The van der Waals surface area contributed by atoms with Gasteiger partial charge in [0.15, 0.2) is 0 Å². The highest BCUT2D eigenvalue weighted by Crippen LogP contribution is 2.32. The van der Waals surface area contributed by atoms with Gasteiger partial charge in [-0.15, -0.1) is 5.11 Å². The number of benzene rings is 2. The SMILES string of the molecule is O=C1N=NC(c2ccccc2)c2ccccc21. The third-order valence-corrected chi connectivity index (χ3v) is 2.87. The molecule has 0 fully saturated rings. The maximum Gasteiger partial charge on any atom is 0.295 e. The smallest absolute Gasteiger partial charge is 0.265 e. The van der Waals surface area contributed by atoms with E-state index in [0.29, 0.717) is 5.56 Å². The van der Waals surface area contributed by atoms with Crippen LogP contribution in [0.25, 0.3) is 0 Å². The maximum absolute atomic E-state index is 11.6. The molecular formula is C14H10N2O. The highest BCUT2D eigenvalue weighted by atomic mass is 16.1. The van der Waals surface area contributed by atoms with Gasteiger partial charge in [-0.1, -0.05) is 48.5 Å². The van der Waals surface area contributed by atoms with E-state index in [4.69, 9.17) is 0 Å². The lowest BCUT2D eigenvalue weighted by Crippen LogP contribution is -2.10. The van der Waals surface area contributed by atoms with Crippen molar-refractivity contribution in [2.24, 2.45) is 10.2 Å². The normalized spacial score (nSPS) is 17.9. The Kier molecular flexibility index (Phi) is 2.29. The summed E-state index contributed by atoms with van der Waals surface area (Å²) >= 11 is 0. The number of nitrogens with zero attached hydrogens (tertiary/aromatic N) is 2. The third-order valence-electron chi connectivity index (χ3n) is 2.87. The number of hydrogen-bond acceptors (Lipinski definition) is 2. The quantitative estimate of drug-likeness (QED) is 0.729. The van der Waals surface area contributed by atoms with E-state index in [0.717, 1.165) is 11.1 Å². The average molecular weight is 222 g/mol. The molecular weight excluding hydrogens is 212 g/mol. The molecule has 0 spiro atoms. The number of carbonyl (C=O) groups excluding carboxylic acids is 1. The Morgan fingerprint density at radius 2 is 1.59 bits per heavy atom. The van der Waals surface area contributed by atoms with Crippen molar-refractivity contribution in [1.29, 1.82) is 0 Å². The lowest BCUT2D eigenvalue weighted by Gasteiger charge is -2.18. The van der Waals surface area contributed by atoms with Crippen LogP contribution in [-0.2, 0) is 0 Å². The fourth-order valence-corrected chi connectivity index (χ4v) is 2.04. The van der Waals surface area contributed by atoms with Crippen LogP contribution in [0.4, 0.5) is 0 Å². The van der Waals surface area contributed by atoms with Crippen molar-refractivity contribution in [3.63, 3.8) is 0 Å². The van der Waals surface area contributed by atoms with Gasteiger partial charge in [-0.2, -0.15) is 5.11 Å². The highest BCUT2D eigenvalue weighted by molar-refractivity contribution is 5.97. The molecule has 1 atom stereocenters. The molecule has 0 saturated heterocycles. The Morgan fingerprint density at radius 3 is 2.41 bits per heavy atom. The predicted molar refractivity (Wildman–Crippen MR) is 63.9 cm³/mol. The number of carbonyl (C=O) groups is 1. The lowest BCUT2D eigenvalue weighted by molar-refractivity contribution is 0.0986. The van der Waals surface area contributed by atoms with Crippen LogP contribution in [0.3, 0.4) is 0 Å². The van der Waals surface area contributed by atoms with E-state index in [1.165, 1.54) is 0 Å². The van der Waals surface area contributed by atoms with Crippen molar-refractivity contribution in [3.05, 3.63) is 71.3 Å². The molecule has 2 aromatic rings. The Balaban J connectivity index is 2.15. The zero-order valence-electron chi connectivity index (χ0n) is 9.08. The minimum Gasteiger partial charge on any atom is -0.265 e. The minimum absolute atomic E-state index is 0.162. The molecule has 1 aliphatic rings. The van der Waals surface area contributed by atoms with E-state index in [1.54, 1.807) is 6.07 Å². The molecule has 0 N–H and O–H groups in total. The Morgan fingerprint density at radius 1 is 0.882 bits per heavy atom. The second-order valence-corrected chi connectivity index (χ2v) is 3.92. The van der Waals surface area contributed by atoms with Crippen LogP contribution < -0.4 is 0 Å². The molecule has 1 amide bonds. The van der Waals surface area contributed by atoms with Crippen LogP contribution in [0.15, 0.2) is 64.8 Å². The largest absolute Gasteiger partial charge is 0.295 e. The maximum atomic E-state index is 11.6. The molecule has 3 rings (SSSR count). The monoisotopic (exact) mass is 222 g/mol. The van der Waals surface area contributed by atoms with Gasteiger partial charge >= 0.3 is 0 Å². The van der Waals surface area contributed by atoms with Crippen molar-refractivity contribution in [2.45, 2.75) is 6.04 Å². The molecule has 3 heteroatoms. The lowest BCUT2D eigenvalue weighted by atomic mass is 9.94. The van der Waals surface area contributed by atoms with Gasteiger partial charge in [0.25, 0.3) is 5.91 Å². The summed E-state index contributed by atoms with van der Waals surface area (Å²) in [5, 5.41) is 7.81. The van der Waals surface area contributed by atoms with E-state index in [2.05, 4.69) is 10.2 Å². The van der Waals surface area contributed by atoms with E-state index < -0.39 is 0 Å². The van der Waals surface area contributed by atoms with Gasteiger partial charge < -0.3 is 0 Å². The van der Waals surface area contributed by atoms with Gasteiger partial charge in [0.2, 0.25) is 0 Å². The summed E-state index contributed by atoms with van der Waals surface area (Å²) in [5.74, 6) is -0.257. The summed E-state index contributed by atoms with van der Waals surface area (Å²) in [6.07, 6.45) is 0. The molecule has 0 aromatic heterocycles. The summed E-state index contributed by atoms with van der Waals surface area (Å²) in [5.41, 5.74) is 2.63.